The molecule has 0 radical (unpaired) electrons. The average molecular weight is 393 g/mol. The van der Waals surface area contributed by atoms with Crippen molar-refractivity contribution in [2.75, 3.05) is 43.4 Å². The average Bonchev–Trinajstić information content (AvgIpc) is 3.17. The van der Waals surface area contributed by atoms with E-state index < -0.39 is 0 Å². The number of hydrogen-bond acceptors (Lipinski definition) is 3. The zero-order valence-corrected chi connectivity index (χ0v) is 17.1. The van der Waals surface area contributed by atoms with Crippen LogP contribution in [0, 0.1) is 0 Å². The van der Waals surface area contributed by atoms with Crippen molar-refractivity contribution in [3.63, 3.8) is 0 Å². The Morgan fingerprint density at radius 2 is 1.90 bits per heavy atom. The van der Waals surface area contributed by atoms with E-state index >= 15 is 0 Å². The molecule has 1 N–H and O–H groups in total. The molecule has 0 aromatic heterocycles. The first-order valence-electron chi connectivity index (χ1n) is 10.2. The Balaban J connectivity index is 1.48. The molecule has 3 amide bonds. The summed E-state index contributed by atoms with van der Waals surface area (Å²) >= 11 is 0. The van der Waals surface area contributed by atoms with Crippen molar-refractivity contribution in [3.8, 4) is 0 Å². The highest BCUT2D eigenvalue weighted by Crippen LogP contribution is 2.33. The van der Waals surface area contributed by atoms with E-state index in [0.29, 0.717) is 26.2 Å². The van der Waals surface area contributed by atoms with Gasteiger partial charge in [0, 0.05) is 31.0 Å². The molecule has 1 spiro atoms. The minimum atomic E-state index is -0.216. The van der Waals surface area contributed by atoms with Gasteiger partial charge in [-0.25, -0.2) is 4.79 Å². The van der Waals surface area contributed by atoms with Gasteiger partial charge in [-0.1, -0.05) is 37.3 Å². The molecule has 0 aliphatic carbocycles. The number of hydrogen-bond donors (Lipinski definition) is 1. The van der Waals surface area contributed by atoms with Gasteiger partial charge in [-0.3, -0.25) is 9.69 Å². The number of piperazine rings is 1. The number of carbonyl (C=O) groups excluding carboxylic acids is 2. The van der Waals surface area contributed by atoms with E-state index in [-0.39, 0.29) is 17.5 Å². The summed E-state index contributed by atoms with van der Waals surface area (Å²) in [5, 5.41) is 3.04. The number of rotatable bonds is 3. The number of benzene rings is 2. The summed E-state index contributed by atoms with van der Waals surface area (Å²) in [5.41, 5.74) is 2.73. The van der Waals surface area contributed by atoms with Crippen LogP contribution in [0.25, 0.3) is 0 Å². The van der Waals surface area contributed by atoms with E-state index in [1.165, 1.54) is 5.56 Å². The topological polar surface area (TPSA) is 55.9 Å². The van der Waals surface area contributed by atoms with Crippen molar-refractivity contribution in [1.29, 1.82) is 0 Å². The van der Waals surface area contributed by atoms with Gasteiger partial charge in [-0.2, -0.15) is 0 Å². The van der Waals surface area contributed by atoms with E-state index in [0.717, 1.165) is 24.2 Å². The number of carbonyl (C=O) groups is 2. The zero-order chi connectivity index (χ0) is 20.4. The van der Waals surface area contributed by atoms with Crippen LogP contribution in [0.3, 0.4) is 0 Å². The Labute approximate surface area is 172 Å². The van der Waals surface area contributed by atoms with Crippen molar-refractivity contribution < 1.29 is 9.59 Å². The second-order valence-electron chi connectivity index (χ2n) is 8.05. The monoisotopic (exact) mass is 392 g/mol. The van der Waals surface area contributed by atoms with E-state index in [1.54, 1.807) is 0 Å². The highest BCUT2D eigenvalue weighted by Gasteiger charge is 2.48. The molecule has 1 atom stereocenters. The van der Waals surface area contributed by atoms with Gasteiger partial charge < -0.3 is 15.1 Å². The fourth-order valence-electron chi connectivity index (χ4n) is 4.34. The molecule has 4 rings (SSSR count). The molecule has 2 aromatic rings. The third kappa shape index (κ3) is 3.85. The maximum absolute atomic E-state index is 12.9. The van der Waals surface area contributed by atoms with Gasteiger partial charge in [0.1, 0.15) is 0 Å². The maximum atomic E-state index is 12.9. The maximum Gasteiger partial charge on any atom is 0.321 e. The number of para-hydroxylation sites is 1. The summed E-state index contributed by atoms with van der Waals surface area (Å²) in [4.78, 5) is 31.4. The van der Waals surface area contributed by atoms with Crippen LogP contribution in [-0.4, -0.2) is 60.5 Å². The summed E-state index contributed by atoms with van der Waals surface area (Å²) in [6.07, 6.45) is 1.78. The summed E-state index contributed by atoms with van der Waals surface area (Å²) in [6, 6.07) is 17.7. The number of nitrogens with zero attached hydrogens (tertiary/aromatic N) is 3. The molecule has 2 aliphatic heterocycles. The third-order valence-electron chi connectivity index (χ3n) is 6.21. The van der Waals surface area contributed by atoms with Crippen LogP contribution in [0.4, 0.5) is 16.2 Å². The highest BCUT2D eigenvalue weighted by atomic mass is 16.2. The SMILES string of the molecule is CCc1cccc(NC(=O)N2CCC3(C2)CN(c2ccccc2)C(=O)CN3C)c1. The van der Waals surface area contributed by atoms with Gasteiger partial charge >= 0.3 is 6.03 Å². The minimum absolute atomic E-state index is 0.0771. The number of urea groups is 1. The molecular weight excluding hydrogens is 364 g/mol. The van der Waals surface area contributed by atoms with Crippen LogP contribution in [0.1, 0.15) is 18.9 Å². The van der Waals surface area contributed by atoms with E-state index in [2.05, 4.69) is 23.2 Å². The lowest BCUT2D eigenvalue weighted by Crippen LogP contribution is -2.64. The Bertz CT molecular complexity index is 901. The highest BCUT2D eigenvalue weighted by molar-refractivity contribution is 5.96. The minimum Gasteiger partial charge on any atom is -0.323 e. The smallest absolute Gasteiger partial charge is 0.321 e. The van der Waals surface area contributed by atoms with Crippen LogP contribution < -0.4 is 10.2 Å². The summed E-state index contributed by atoms with van der Waals surface area (Å²) in [6.45, 7) is 4.36. The zero-order valence-electron chi connectivity index (χ0n) is 17.1. The first-order valence-corrected chi connectivity index (χ1v) is 10.2. The second kappa shape index (κ2) is 7.87. The quantitative estimate of drug-likeness (QED) is 0.873. The first-order chi connectivity index (χ1) is 14.0. The Morgan fingerprint density at radius 3 is 2.66 bits per heavy atom. The molecule has 0 bridgehead atoms. The van der Waals surface area contributed by atoms with E-state index in [4.69, 9.17) is 0 Å². The van der Waals surface area contributed by atoms with Crippen molar-refractivity contribution in [2.24, 2.45) is 0 Å². The lowest BCUT2D eigenvalue weighted by atomic mass is 9.92. The van der Waals surface area contributed by atoms with Crippen LogP contribution in [0.15, 0.2) is 54.6 Å². The molecule has 6 nitrogen and oxygen atoms in total. The van der Waals surface area contributed by atoms with Crippen LogP contribution in [-0.2, 0) is 11.2 Å². The summed E-state index contributed by atoms with van der Waals surface area (Å²) in [5.74, 6) is 0.101. The molecule has 2 fully saturated rings. The van der Waals surface area contributed by atoms with Crippen LogP contribution in [0.2, 0.25) is 0 Å². The molecule has 2 aliphatic rings. The Morgan fingerprint density at radius 1 is 1.10 bits per heavy atom. The third-order valence-corrected chi connectivity index (χ3v) is 6.21. The molecule has 0 saturated carbocycles. The van der Waals surface area contributed by atoms with Gasteiger partial charge in [-0.05, 0) is 49.7 Å². The Hall–Kier alpha value is -2.86. The number of nitrogens with one attached hydrogen (secondary N) is 1. The van der Waals surface area contributed by atoms with Crippen LogP contribution >= 0.6 is 0 Å². The van der Waals surface area contributed by atoms with Gasteiger partial charge in [-0.15, -0.1) is 0 Å². The van der Waals surface area contributed by atoms with Gasteiger partial charge in [0.25, 0.3) is 0 Å². The Kier molecular flexibility index (Phi) is 5.28. The number of likely N-dealkylation sites (N-methyl/N-ethyl adjacent to an activating group) is 1. The molecule has 1 unspecified atom stereocenters. The number of aryl methyl sites for hydroxylation is 1. The van der Waals surface area contributed by atoms with Crippen molar-refractivity contribution in [3.05, 3.63) is 60.2 Å². The predicted molar refractivity (Wildman–Crippen MR) is 115 cm³/mol. The largest absolute Gasteiger partial charge is 0.323 e. The summed E-state index contributed by atoms with van der Waals surface area (Å²) in [7, 11) is 1.99. The van der Waals surface area contributed by atoms with Gasteiger partial charge in [0.2, 0.25) is 5.91 Å². The first kappa shape index (κ1) is 19.5. The van der Waals surface area contributed by atoms with E-state index in [1.807, 2.05) is 65.4 Å². The molecule has 152 valence electrons. The second-order valence-corrected chi connectivity index (χ2v) is 8.05. The molecule has 2 heterocycles. The van der Waals surface area contributed by atoms with E-state index in [9.17, 15) is 9.59 Å². The number of likely N-dealkylation sites (tertiary alicyclic amines) is 1. The fraction of sp³-hybridized carbons (Fsp3) is 0.391. The van der Waals surface area contributed by atoms with Crippen molar-refractivity contribution in [2.45, 2.75) is 25.3 Å². The summed E-state index contributed by atoms with van der Waals surface area (Å²) < 4.78 is 0. The molecule has 2 saturated heterocycles. The molecule has 6 heteroatoms. The predicted octanol–water partition coefficient (Wildman–Crippen LogP) is 3.20. The number of anilines is 2. The lowest BCUT2D eigenvalue weighted by Gasteiger charge is -2.46. The normalized spacial score (nSPS) is 22.3. The van der Waals surface area contributed by atoms with Crippen molar-refractivity contribution in [1.82, 2.24) is 9.80 Å². The number of amides is 3. The van der Waals surface area contributed by atoms with Gasteiger partial charge in [0.05, 0.1) is 12.1 Å². The fourth-order valence-corrected chi connectivity index (χ4v) is 4.34. The van der Waals surface area contributed by atoms with Crippen molar-refractivity contribution >= 4 is 23.3 Å². The standard InChI is InChI=1S/C23H28N4O2/c1-3-18-8-7-9-19(14-18)24-22(29)26-13-12-23(16-26)17-27(21(28)15-25(23)2)20-10-5-4-6-11-20/h4-11,14H,3,12-13,15-17H2,1-2H3,(H,24,29). The molecule has 29 heavy (non-hydrogen) atoms. The molecule has 2 aromatic carbocycles. The van der Waals surface area contributed by atoms with Gasteiger partial charge in [0.15, 0.2) is 0 Å². The molecular formula is C23H28N4O2. The lowest BCUT2D eigenvalue weighted by molar-refractivity contribution is -0.123. The van der Waals surface area contributed by atoms with Crippen LogP contribution in [0.5, 0.6) is 0 Å².